The van der Waals surface area contributed by atoms with Gasteiger partial charge >= 0.3 is 6.09 Å². The van der Waals surface area contributed by atoms with Crippen LogP contribution in [0.5, 0.6) is 0 Å². The molecule has 133 valence electrons. The lowest BCUT2D eigenvalue weighted by molar-refractivity contribution is -0.0945. The topological polar surface area (TPSA) is 65.4 Å². The minimum absolute atomic E-state index is 0.297. The number of rotatable bonds is 4. The van der Waals surface area contributed by atoms with Crippen molar-refractivity contribution in [1.29, 1.82) is 0 Å². The van der Waals surface area contributed by atoms with Crippen LogP contribution < -0.4 is 5.32 Å². The molecule has 3 rings (SSSR count). The van der Waals surface area contributed by atoms with Crippen LogP contribution in [0.4, 0.5) is 10.5 Å². The molecule has 1 aliphatic rings. The van der Waals surface area contributed by atoms with E-state index in [0.29, 0.717) is 18.1 Å². The molecule has 25 heavy (non-hydrogen) atoms. The van der Waals surface area contributed by atoms with E-state index < -0.39 is 11.7 Å². The second kappa shape index (κ2) is 6.62. The average molecular weight is 379 g/mol. The molecule has 8 heteroatoms. The van der Waals surface area contributed by atoms with Crippen molar-refractivity contribution in [2.24, 2.45) is 0 Å². The number of hydrogen-bond acceptors (Lipinski definition) is 4. The summed E-state index contributed by atoms with van der Waals surface area (Å²) in [5, 5.41) is 2.37. The summed E-state index contributed by atoms with van der Waals surface area (Å²) in [4.78, 5) is 16.5. The van der Waals surface area contributed by atoms with Crippen molar-refractivity contribution in [3.63, 3.8) is 0 Å². The van der Waals surface area contributed by atoms with Crippen molar-refractivity contribution < 1.29 is 14.3 Å². The summed E-state index contributed by atoms with van der Waals surface area (Å²) >= 11 is 6.06. The summed E-state index contributed by atoms with van der Waals surface area (Å²) in [5.74, 6) is 1.06. The Kier molecular flexibility index (Phi) is 4.83. The van der Waals surface area contributed by atoms with Gasteiger partial charge in [-0.2, -0.15) is 0 Å². The number of carbonyl (C=O) groups is 1. The molecule has 1 N–H and O–H groups in total. The van der Waals surface area contributed by atoms with Crippen molar-refractivity contribution in [3.8, 4) is 0 Å². The molecule has 1 fully saturated rings. The fraction of sp³-hybridized carbons (Fsp3) is 0.529. The molecule has 1 atom stereocenters. The maximum atomic E-state index is 11.9. The number of benzene rings is 1. The van der Waals surface area contributed by atoms with Gasteiger partial charge in [0.05, 0.1) is 32.4 Å². The van der Waals surface area contributed by atoms with Gasteiger partial charge < -0.3 is 14.0 Å². The van der Waals surface area contributed by atoms with Crippen molar-refractivity contribution in [1.82, 2.24) is 9.55 Å². The third-order valence-electron chi connectivity index (χ3n) is 3.89. The van der Waals surface area contributed by atoms with Crippen LogP contribution in [-0.4, -0.2) is 43.3 Å². The van der Waals surface area contributed by atoms with Crippen LogP contribution in [-0.2, 0) is 21.9 Å². The van der Waals surface area contributed by atoms with Crippen LogP contribution in [0.3, 0.4) is 0 Å². The fourth-order valence-corrected chi connectivity index (χ4v) is 3.25. The number of aromatic nitrogens is 2. The van der Waals surface area contributed by atoms with Crippen molar-refractivity contribution in [2.75, 3.05) is 11.9 Å². The number of carbonyl (C=O) groups excluding carboxylic acids is 1. The molecule has 2 heterocycles. The van der Waals surface area contributed by atoms with Gasteiger partial charge in [0.1, 0.15) is 11.4 Å². The van der Waals surface area contributed by atoms with Gasteiger partial charge in [-0.1, -0.05) is 0 Å². The standard InChI is InChI=1S/C17H21ClN3O3Si/c1-16(2,3)24-15(22)19-11-4-5-13-12(8-11)20-14(9-18)21(13)10-17(25)6-7-23-17/h4-5,8H,6-7,9-10H2,1-3H3,(H,19,22)/t17-/m1/s1. The number of amides is 1. The van der Waals surface area contributed by atoms with Crippen LogP contribution in [0.1, 0.15) is 33.0 Å². The Bertz CT molecular complexity index is 796. The van der Waals surface area contributed by atoms with Crippen LogP contribution in [0.15, 0.2) is 18.2 Å². The fourth-order valence-electron chi connectivity index (χ4n) is 2.69. The summed E-state index contributed by atoms with van der Waals surface area (Å²) in [5.41, 5.74) is 1.78. The molecule has 1 aromatic carbocycles. The Balaban J connectivity index is 1.84. The number of halogens is 1. The monoisotopic (exact) mass is 378 g/mol. The highest BCUT2D eigenvalue weighted by Gasteiger charge is 2.34. The van der Waals surface area contributed by atoms with Gasteiger partial charge in [-0.15, -0.1) is 11.6 Å². The maximum absolute atomic E-state index is 11.9. The molecule has 1 saturated heterocycles. The van der Waals surface area contributed by atoms with E-state index >= 15 is 0 Å². The molecular formula is C17H21ClN3O3Si. The Labute approximate surface area is 155 Å². The Morgan fingerprint density at radius 2 is 2.24 bits per heavy atom. The lowest BCUT2D eigenvalue weighted by Gasteiger charge is -2.39. The summed E-state index contributed by atoms with van der Waals surface area (Å²) < 4.78 is 12.9. The van der Waals surface area contributed by atoms with Gasteiger partial charge in [-0.25, -0.2) is 9.78 Å². The highest BCUT2D eigenvalue weighted by Crippen LogP contribution is 2.29. The van der Waals surface area contributed by atoms with Gasteiger partial charge in [-0.3, -0.25) is 5.32 Å². The van der Waals surface area contributed by atoms with Crippen LogP contribution >= 0.6 is 11.6 Å². The molecule has 0 bridgehead atoms. The van der Waals surface area contributed by atoms with Crippen molar-refractivity contribution in [2.45, 2.75) is 50.4 Å². The quantitative estimate of drug-likeness (QED) is 0.654. The number of fused-ring (bicyclic) bond motifs is 1. The predicted octanol–water partition coefficient (Wildman–Crippen LogP) is 3.41. The van der Waals surface area contributed by atoms with E-state index in [9.17, 15) is 4.79 Å². The number of nitrogens with one attached hydrogen (secondary N) is 1. The number of nitrogens with zero attached hydrogens (tertiary/aromatic N) is 2. The minimum atomic E-state index is -0.547. The first kappa shape index (κ1) is 18.2. The van der Waals surface area contributed by atoms with Gasteiger partial charge in [0.15, 0.2) is 0 Å². The van der Waals surface area contributed by atoms with Crippen LogP contribution in [0.2, 0.25) is 0 Å². The van der Waals surface area contributed by atoms with E-state index in [1.54, 1.807) is 0 Å². The lowest BCUT2D eigenvalue weighted by atomic mass is 10.1. The zero-order chi connectivity index (χ0) is 18.2. The summed E-state index contributed by atoms with van der Waals surface area (Å²) in [7, 11) is 3.68. The maximum Gasteiger partial charge on any atom is 0.412 e. The van der Waals surface area contributed by atoms with E-state index in [0.717, 1.165) is 29.9 Å². The van der Waals surface area contributed by atoms with E-state index in [4.69, 9.17) is 21.1 Å². The predicted molar refractivity (Wildman–Crippen MR) is 98.2 cm³/mol. The van der Waals surface area contributed by atoms with E-state index in [1.165, 1.54) is 0 Å². The molecule has 1 aromatic heterocycles. The van der Waals surface area contributed by atoms with Crippen LogP contribution in [0.25, 0.3) is 11.0 Å². The number of ether oxygens (including phenoxy) is 2. The van der Waals surface area contributed by atoms with E-state index in [-0.39, 0.29) is 5.22 Å². The Morgan fingerprint density at radius 1 is 1.52 bits per heavy atom. The third kappa shape index (κ3) is 4.16. The van der Waals surface area contributed by atoms with Gasteiger partial charge in [0.2, 0.25) is 0 Å². The SMILES string of the molecule is CC(C)(C)OC(=O)Nc1ccc2c(c1)nc(CCl)n2C[C@]1([Si])CCO1. The average Bonchev–Trinajstić information content (AvgIpc) is 2.80. The van der Waals surface area contributed by atoms with Gasteiger partial charge in [-0.05, 0) is 45.4 Å². The zero-order valence-corrected chi connectivity index (χ0v) is 16.3. The molecule has 0 aliphatic carbocycles. The van der Waals surface area contributed by atoms with Gasteiger partial charge in [0.25, 0.3) is 0 Å². The Morgan fingerprint density at radius 3 is 2.80 bits per heavy atom. The summed E-state index contributed by atoms with van der Waals surface area (Å²) in [6.45, 7) is 6.84. The molecule has 0 spiro atoms. The molecule has 1 aliphatic heterocycles. The highest BCUT2D eigenvalue weighted by molar-refractivity contribution is 6.17. The molecule has 1 amide bonds. The van der Waals surface area contributed by atoms with Crippen LogP contribution in [0, 0.1) is 0 Å². The normalized spacial score (nSPS) is 20.4. The van der Waals surface area contributed by atoms with Crippen molar-refractivity contribution in [3.05, 3.63) is 24.0 Å². The number of imidazole rings is 1. The minimum Gasteiger partial charge on any atom is -0.444 e. The molecule has 0 unspecified atom stereocenters. The van der Waals surface area contributed by atoms with E-state index in [1.807, 2.05) is 43.5 Å². The molecular weight excluding hydrogens is 358 g/mol. The third-order valence-corrected chi connectivity index (χ3v) is 4.68. The number of alkyl halides is 1. The summed E-state index contributed by atoms with van der Waals surface area (Å²) in [6.07, 6.45) is 0.439. The molecule has 2 aromatic rings. The van der Waals surface area contributed by atoms with Gasteiger partial charge in [0, 0.05) is 18.8 Å². The number of hydrogen-bond donors (Lipinski definition) is 1. The summed E-state index contributed by atoms with van der Waals surface area (Å²) in [6, 6.07) is 5.55. The smallest absolute Gasteiger partial charge is 0.412 e. The lowest BCUT2D eigenvalue weighted by Crippen LogP contribution is -2.48. The first-order valence-electron chi connectivity index (χ1n) is 8.13. The number of anilines is 1. The highest BCUT2D eigenvalue weighted by atomic mass is 35.5. The Hall–Kier alpha value is -1.57. The second-order valence-corrected chi connectivity index (χ2v) is 8.35. The second-order valence-electron chi connectivity index (χ2n) is 7.17. The first-order chi connectivity index (χ1) is 11.7. The molecule has 6 nitrogen and oxygen atoms in total. The molecule has 0 saturated carbocycles. The zero-order valence-electron chi connectivity index (χ0n) is 14.6. The first-order valence-corrected chi connectivity index (χ1v) is 9.17. The van der Waals surface area contributed by atoms with E-state index in [2.05, 4.69) is 20.5 Å². The molecule has 3 radical (unpaired) electrons. The largest absolute Gasteiger partial charge is 0.444 e. The van der Waals surface area contributed by atoms with Crippen molar-refractivity contribution >= 4 is 44.7 Å².